The number of anilines is 1. The lowest BCUT2D eigenvalue weighted by atomic mass is 9.33. The number of hydrogen-bond donors (Lipinski definition) is 5. The van der Waals surface area contributed by atoms with Crippen LogP contribution in [0.5, 0.6) is 5.75 Å². The van der Waals surface area contributed by atoms with Gasteiger partial charge in [-0.1, -0.05) is 40.7 Å². The number of benzene rings is 1. The molecule has 2 saturated carbocycles. The fourth-order valence-electron chi connectivity index (χ4n) is 8.70. The molecule has 0 aliphatic heterocycles. The van der Waals surface area contributed by atoms with Crippen LogP contribution < -0.4 is 5.32 Å². The Morgan fingerprint density at radius 2 is 1.79 bits per heavy atom. The lowest BCUT2D eigenvalue weighted by Gasteiger charge is -2.70. The van der Waals surface area contributed by atoms with Crippen LogP contribution in [0.1, 0.15) is 69.8 Å². The summed E-state index contributed by atoms with van der Waals surface area (Å²) in [6, 6.07) is 4.85. The molecule has 5 N–H and O–H groups in total. The second kappa shape index (κ2) is 9.12. The number of ketones is 3. The number of phenols is 1. The minimum absolute atomic E-state index is 0.0178. The molecule has 0 aromatic heterocycles. The summed E-state index contributed by atoms with van der Waals surface area (Å²) >= 11 is 0. The van der Waals surface area contributed by atoms with Gasteiger partial charge < -0.3 is 25.2 Å². The van der Waals surface area contributed by atoms with Gasteiger partial charge in [-0.05, 0) is 47.6 Å². The van der Waals surface area contributed by atoms with Gasteiger partial charge in [-0.3, -0.25) is 14.9 Å². The van der Waals surface area contributed by atoms with Gasteiger partial charge in [0.05, 0.1) is 29.3 Å². The van der Waals surface area contributed by atoms with Gasteiger partial charge in [0.15, 0.2) is 29.1 Å². The Morgan fingerprint density at radius 1 is 1.18 bits per heavy atom. The summed E-state index contributed by atoms with van der Waals surface area (Å²) < 4.78 is 0. The maximum atomic E-state index is 14.2. The number of hydrogen-bond acceptors (Lipinski definition) is 10. The molecular formula is C29H35N3O7. The largest absolute Gasteiger partial charge is 0.505 e. The number of aliphatic hydroxyl groups is 3. The molecule has 0 radical (unpaired) electrons. The number of fused-ring (bicyclic) bond motifs is 3. The smallest absolute Gasteiger partial charge is 0.187 e. The van der Waals surface area contributed by atoms with Crippen LogP contribution in [-0.2, 0) is 9.59 Å². The molecule has 0 amide bonds. The van der Waals surface area contributed by atoms with Crippen LogP contribution in [0.15, 0.2) is 12.1 Å². The lowest BCUT2D eigenvalue weighted by molar-refractivity contribution is -0.291. The number of carbonyl (C=O) groups excluding carboxylic acids is 3. The Bertz CT molecular complexity index is 1350. The maximum absolute atomic E-state index is 14.2. The highest BCUT2D eigenvalue weighted by atomic mass is 16.4. The van der Waals surface area contributed by atoms with Crippen molar-refractivity contribution in [2.45, 2.75) is 71.7 Å². The van der Waals surface area contributed by atoms with Gasteiger partial charge in [0, 0.05) is 11.8 Å². The number of aliphatic hydroxyl groups excluding tert-OH is 2. The fraction of sp³-hybridized carbons (Fsp3) is 0.621. The van der Waals surface area contributed by atoms with Gasteiger partial charge in [-0.15, -0.1) is 0 Å². The zero-order valence-corrected chi connectivity index (χ0v) is 22.9. The van der Waals surface area contributed by atoms with Gasteiger partial charge in [0.2, 0.25) is 0 Å². The Balaban J connectivity index is 2.11. The van der Waals surface area contributed by atoms with E-state index in [-0.39, 0.29) is 29.4 Å². The Hall–Kier alpha value is -3.31. The van der Waals surface area contributed by atoms with Gasteiger partial charge in [-0.25, -0.2) is 0 Å². The van der Waals surface area contributed by atoms with Gasteiger partial charge >= 0.3 is 0 Å². The number of phenolic OH excluding ortho intramolecular Hbond substituents is 1. The highest BCUT2D eigenvalue weighted by Crippen LogP contribution is 2.71. The zero-order valence-electron chi connectivity index (χ0n) is 22.9. The molecule has 39 heavy (non-hydrogen) atoms. The zero-order chi connectivity index (χ0) is 29.4. The minimum atomic E-state index is -2.66. The summed E-state index contributed by atoms with van der Waals surface area (Å²) in [7, 11) is 0. The van der Waals surface area contributed by atoms with E-state index in [0.29, 0.717) is 5.56 Å². The summed E-state index contributed by atoms with van der Waals surface area (Å²) in [4.78, 5) is 40.9. The molecule has 208 valence electrons. The van der Waals surface area contributed by atoms with Crippen molar-refractivity contribution >= 4 is 23.0 Å². The van der Waals surface area contributed by atoms with Crippen LogP contribution in [-0.4, -0.2) is 55.6 Å². The van der Waals surface area contributed by atoms with Crippen molar-refractivity contribution in [3.8, 4) is 18.0 Å². The van der Waals surface area contributed by atoms with Crippen LogP contribution in [0, 0.1) is 63.2 Å². The summed E-state index contributed by atoms with van der Waals surface area (Å²) in [6.45, 7) is 10.0. The third kappa shape index (κ3) is 3.32. The highest BCUT2D eigenvalue weighted by Gasteiger charge is 2.79. The molecular weight excluding hydrogens is 502 g/mol. The average molecular weight is 538 g/mol. The molecule has 0 heterocycles. The van der Waals surface area contributed by atoms with Gasteiger partial charge in [0.1, 0.15) is 17.8 Å². The predicted molar refractivity (Wildman–Crippen MR) is 138 cm³/mol. The van der Waals surface area contributed by atoms with Crippen molar-refractivity contribution in [1.82, 2.24) is 0 Å². The molecule has 0 spiro atoms. The first kappa shape index (κ1) is 28.7. The van der Waals surface area contributed by atoms with Crippen molar-refractivity contribution < 1.29 is 34.8 Å². The topological polar surface area (TPSA) is 192 Å². The quantitative estimate of drug-likeness (QED) is 0.216. The first-order valence-corrected chi connectivity index (χ1v) is 13.1. The van der Waals surface area contributed by atoms with E-state index in [1.165, 1.54) is 13.0 Å². The number of rotatable bonds is 4. The predicted octanol–water partition coefficient (Wildman–Crippen LogP) is 2.27. The average Bonchev–Trinajstić information content (AvgIpc) is 2.85. The molecule has 0 saturated heterocycles. The van der Waals surface area contributed by atoms with E-state index in [0.717, 1.165) is 0 Å². The molecule has 10 nitrogen and oxygen atoms in total. The molecule has 10 atom stereocenters. The number of nitrogens with zero attached hydrogens (tertiary/aromatic N) is 2. The molecule has 1 aromatic rings. The number of Topliss-reactive ketones (excluding diaryl/α,β-unsaturated/α-hetero) is 3. The molecule has 2 unspecified atom stereocenters. The van der Waals surface area contributed by atoms with Crippen molar-refractivity contribution in [2.75, 3.05) is 5.32 Å². The first-order chi connectivity index (χ1) is 18.1. The van der Waals surface area contributed by atoms with Crippen LogP contribution >= 0.6 is 0 Å². The molecule has 3 aliphatic carbocycles. The lowest BCUT2D eigenvalue weighted by Crippen LogP contribution is -2.81. The second-order valence-corrected chi connectivity index (χ2v) is 12.3. The number of aromatic hydroxyl groups is 1. The molecule has 1 aromatic carbocycles. The SMILES string of the molecule is CC(=O)C[C@@H]1[C@@]2(C)[C@H](C)c3ccc(NC#N)c(O)c3C(=O)[C@@H]2C(O)[C@@]2(O)C(=O)[C@H](C#N)C(O)[C@H](C(C)C)[C@@]12C. The third-order valence-electron chi connectivity index (χ3n) is 10.4. The van der Waals surface area contributed by atoms with Crippen molar-refractivity contribution in [3.63, 3.8) is 0 Å². The van der Waals surface area contributed by atoms with E-state index >= 15 is 0 Å². The summed E-state index contributed by atoms with van der Waals surface area (Å²) in [5.74, 6) is -8.44. The molecule has 4 rings (SSSR count). The van der Waals surface area contributed by atoms with Crippen molar-refractivity contribution in [1.29, 1.82) is 10.5 Å². The van der Waals surface area contributed by atoms with Crippen LogP contribution in [0.4, 0.5) is 5.69 Å². The van der Waals surface area contributed by atoms with E-state index in [9.17, 15) is 40.1 Å². The highest BCUT2D eigenvalue weighted by molar-refractivity contribution is 6.07. The van der Waals surface area contributed by atoms with Gasteiger partial charge in [-0.2, -0.15) is 10.5 Å². The van der Waals surface area contributed by atoms with Crippen LogP contribution in [0.2, 0.25) is 0 Å². The molecule has 3 aliphatic rings. The summed E-state index contributed by atoms with van der Waals surface area (Å²) in [5.41, 5.74) is -5.21. The summed E-state index contributed by atoms with van der Waals surface area (Å²) in [5, 5.41) is 67.9. The number of carbonyl (C=O) groups is 3. The monoisotopic (exact) mass is 537 g/mol. The third-order valence-corrected chi connectivity index (χ3v) is 10.4. The van der Waals surface area contributed by atoms with E-state index in [1.54, 1.807) is 52.9 Å². The summed E-state index contributed by atoms with van der Waals surface area (Å²) in [6.07, 6.45) is -1.95. The van der Waals surface area contributed by atoms with E-state index in [2.05, 4.69) is 5.32 Å². The second-order valence-electron chi connectivity index (χ2n) is 12.3. The Labute approximate surface area is 227 Å². The van der Waals surface area contributed by atoms with E-state index in [1.807, 2.05) is 0 Å². The maximum Gasteiger partial charge on any atom is 0.187 e. The van der Waals surface area contributed by atoms with E-state index in [4.69, 9.17) is 5.26 Å². The standard InChI is InChI=1S/C29H35N3O7/c1-12(2)20-22(34)16(10-30)25(37)29(39)26(38)21-24(36)19-15(7-8-17(23(19)35)32-11-31)14(4)27(21,5)18(9-13(3)33)28(20,29)6/h7-8,12,14,16,18,20-22,26,32,34-35,38-39H,9H2,1-6H3/t14-,16-,18-,20+,21-,22?,26?,27-,28-,29+/m1/s1. The van der Waals surface area contributed by atoms with Gasteiger partial charge in [0.25, 0.3) is 0 Å². The Morgan fingerprint density at radius 3 is 2.31 bits per heavy atom. The van der Waals surface area contributed by atoms with Crippen molar-refractivity contribution in [3.05, 3.63) is 23.3 Å². The van der Waals surface area contributed by atoms with E-state index < -0.39 is 75.5 Å². The Kier molecular flexibility index (Phi) is 6.71. The minimum Gasteiger partial charge on any atom is -0.505 e. The number of nitriles is 2. The van der Waals surface area contributed by atoms with Crippen LogP contribution in [0.25, 0.3) is 0 Å². The normalized spacial score (nSPS) is 41.1. The molecule has 10 heteroatoms. The van der Waals surface area contributed by atoms with Crippen LogP contribution in [0.3, 0.4) is 0 Å². The molecule has 0 bridgehead atoms. The molecule has 2 fully saturated rings. The first-order valence-electron chi connectivity index (χ1n) is 13.1. The van der Waals surface area contributed by atoms with Crippen molar-refractivity contribution in [2.24, 2.45) is 40.4 Å². The number of nitrogens with one attached hydrogen (secondary N) is 1. The fourth-order valence-corrected chi connectivity index (χ4v) is 8.70.